The molecule has 3 N–H and O–H groups in total. The van der Waals surface area contributed by atoms with Crippen LogP contribution in [0.15, 0.2) is 54.7 Å². The first kappa shape index (κ1) is 62.3. The summed E-state index contributed by atoms with van der Waals surface area (Å²) in [5, 5.41) is 11.4. The molecule has 0 unspecified atom stereocenters. The van der Waals surface area contributed by atoms with E-state index in [9.17, 15) is 0 Å². The molecule has 0 aliphatic heterocycles. The van der Waals surface area contributed by atoms with Crippen LogP contribution < -0.4 is 16.0 Å². The van der Waals surface area contributed by atoms with Gasteiger partial charge >= 0.3 is 0 Å². The van der Waals surface area contributed by atoms with Crippen molar-refractivity contribution < 1.29 is 0 Å². The largest absolute Gasteiger partial charge is 0.313 e. The molecule has 0 bridgehead atoms. The average molecular weight is 917 g/mol. The molecule has 0 spiro atoms. The third kappa shape index (κ3) is 47.4. The Balaban J connectivity index is 2.29. The van der Waals surface area contributed by atoms with Crippen LogP contribution in [-0.4, -0.2) is 19.6 Å². The van der Waals surface area contributed by atoms with Crippen LogP contribution in [0.3, 0.4) is 0 Å². The fraction of sp³-hybridized carbons (Fsp3) is 0.810. The zero-order chi connectivity index (χ0) is 47.2. The Kier molecular flexibility index (Phi) is 51.3. The predicted molar refractivity (Wildman–Crippen MR) is 300 cm³/mol. The number of unbranched alkanes of at least 4 members (excludes halogenated alkanes) is 36. The normalized spacial score (nSPS) is 12.0. The maximum absolute atomic E-state index is 3.80. The number of rotatable bonds is 54. The smallest absolute Gasteiger partial charge is 0.0205 e. The number of nitrogens with one attached hydrogen (secondary N) is 3. The minimum atomic E-state index is 0.982. The second-order valence-corrected chi connectivity index (χ2v) is 20.5. The van der Waals surface area contributed by atoms with E-state index in [0.29, 0.717) is 0 Å². The molecule has 0 radical (unpaired) electrons. The van der Waals surface area contributed by atoms with Crippen molar-refractivity contribution in [3.05, 3.63) is 71.3 Å². The summed E-state index contributed by atoms with van der Waals surface area (Å²) in [6.45, 7) is 13.2. The van der Waals surface area contributed by atoms with Crippen LogP contribution in [0.2, 0.25) is 0 Å². The van der Waals surface area contributed by atoms with E-state index in [4.69, 9.17) is 0 Å². The Labute approximate surface area is 415 Å². The van der Waals surface area contributed by atoms with Crippen LogP contribution in [0.4, 0.5) is 0 Å². The molecule has 0 fully saturated rings. The van der Waals surface area contributed by atoms with E-state index in [1.165, 1.54) is 286 Å². The third-order valence-electron chi connectivity index (χ3n) is 13.7. The van der Waals surface area contributed by atoms with E-state index in [1.807, 2.05) is 0 Å². The molecule has 1 aromatic rings. The first-order chi connectivity index (χ1) is 32.8. The molecule has 0 amide bonds. The van der Waals surface area contributed by atoms with Gasteiger partial charge in [-0.2, -0.15) is 0 Å². The van der Waals surface area contributed by atoms with Gasteiger partial charge in [0.15, 0.2) is 0 Å². The van der Waals surface area contributed by atoms with Crippen molar-refractivity contribution >= 4 is 0 Å². The van der Waals surface area contributed by atoms with Gasteiger partial charge in [-0.15, -0.1) is 0 Å². The van der Waals surface area contributed by atoms with Crippen LogP contribution in [0.25, 0.3) is 0 Å². The van der Waals surface area contributed by atoms with Crippen molar-refractivity contribution in [3.63, 3.8) is 0 Å². The average Bonchev–Trinajstić information content (AvgIpc) is 3.32. The predicted octanol–water partition coefficient (Wildman–Crippen LogP) is 20.1. The van der Waals surface area contributed by atoms with E-state index in [2.05, 4.69) is 91.4 Å². The lowest BCUT2D eigenvalue weighted by Gasteiger charge is -2.13. The second kappa shape index (κ2) is 54.3. The molecular formula is C63H117N3. The first-order valence-electron chi connectivity index (χ1n) is 30.0. The second-order valence-electron chi connectivity index (χ2n) is 20.5. The highest BCUT2D eigenvalue weighted by Gasteiger charge is 2.04. The molecule has 0 aliphatic rings. The van der Waals surface area contributed by atoms with Crippen LogP contribution in [0, 0.1) is 0 Å². The van der Waals surface area contributed by atoms with Gasteiger partial charge in [0.1, 0.15) is 0 Å². The molecule has 384 valence electrons. The van der Waals surface area contributed by atoms with Gasteiger partial charge in [0.25, 0.3) is 0 Å². The van der Waals surface area contributed by atoms with Gasteiger partial charge < -0.3 is 16.0 Å². The molecule has 66 heavy (non-hydrogen) atoms. The maximum Gasteiger partial charge on any atom is 0.0205 e. The van der Waals surface area contributed by atoms with Gasteiger partial charge in [-0.1, -0.05) is 249 Å². The first-order valence-corrected chi connectivity index (χ1v) is 30.0. The fourth-order valence-electron chi connectivity index (χ4n) is 9.34. The monoisotopic (exact) mass is 916 g/mol. The number of benzene rings is 1. The standard InChI is InChI=1S/C63H117N3/c1-4-7-10-13-16-19-22-25-28-31-34-37-40-43-46-49-52-64-58-61-55-62(59-65-53-50-47-44-41-38-35-32-29-26-23-20-17-14-11-8-5-2)57-63(56-61)60-66-54-51-48-45-42-39-36-33-30-27-24-21-18-15-12-9-6-3/h25-30,55-57,64-66H,4-24,31-54,58-60H2,1-3H3/b28-25-,29-26-,30-27-. The van der Waals surface area contributed by atoms with Gasteiger partial charge in [0.2, 0.25) is 0 Å². The van der Waals surface area contributed by atoms with Crippen molar-refractivity contribution in [2.75, 3.05) is 19.6 Å². The Morgan fingerprint density at radius 3 is 0.636 bits per heavy atom. The van der Waals surface area contributed by atoms with Gasteiger partial charge in [-0.25, -0.2) is 0 Å². The van der Waals surface area contributed by atoms with Crippen molar-refractivity contribution in [2.24, 2.45) is 0 Å². The molecule has 3 nitrogen and oxygen atoms in total. The number of hydrogen-bond acceptors (Lipinski definition) is 3. The molecule has 0 aliphatic carbocycles. The lowest BCUT2D eigenvalue weighted by Crippen LogP contribution is -2.19. The molecule has 0 aromatic heterocycles. The molecule has 0 saturated carbocycles. The zero-order valence-electron chi connectivity index (χ0n) is 45.1. The van der Waals surface area contributed by atoms with E-state index >= 15 is 0 Å². The van der Waals surface area contributed by atoms with E-state index < -0.39 is 0 Å². The highest BCUT2D eigenvalue weighted by molar-refractivity contribution is 5.30. The minimum absolute atomic E-state index is 0.982. The lowest BCUT2D eigenvalue weighted by molar-refractivity contribution is 0.561. The molecule has 1 rings (SSSR count). The van der Waals surface area contributed by atoms with Crippen LogP contribution >= 0.6 is 0 Å². The molecule has 0 atom stereocenters. The fourth-order valence-corrected chi connectivity index (χ4v) is 9.34. The summed E-state index contributed by atoms with van der Waals surface area (Å²) in [6, 6.07) is 7.37. The molecule has 1 aromatic carbocycles. The summed E-state index contributed by atoms with van der Waals surface area (Å²) in [6.07, 6.45) is 72.1. The van der Waals surface area contributed by atoms with Crippen LogP contribution in [0.5, 0.6) is 0 Å². The molecule has 0 saturated heterocycles. The Morgan fingerprint density at radius 1 is 0.242 bits per heavy atom. The third-order valence-corrected chi connectivity index (χ3v) is 13.7. The van der Waals surface area contributed by atoms with Crippen molar-refractivity contribution in [2.45, 2.75) is 310 Å². The molecule has 0 heterocycles. The molecule has 3 heteroatoms. The highest BCUT2D eigenvalue weighted by atomic mass is 14.9. The van der Waals surface area contributed by atoms with Gasteiger partial charge in [0.05, 0.1) is 0 Å². The Bertz CT molecular complexity index is 1010. The lowest BCUT2D eigenvalue weighted by atomic mass is 10.0. The van der Waals surface area contributed by atoms with Crippen molar-refractivity contribution in [1.82, 2.24) is 16.0 Å². The van der Waals surface area contributed by atoms with E-state index in [0.717, 1.165) is 39.3 Å². The number of allylic oxidation sites excluding steroid dienone is 6. The van der Waals surface area contributed by atoms with E-state index in [-0.39, 0.29) is 0 Å². The van der Waals surface area contributed by atoms with Gasteiger partial charge in [-0.05, 0) is 133 Å². The topological polar surface area (TPSA) is 36.1 Å². The maximum atomic E-state index is 3.80. The van der Waals surface area contributed by atoms with Gasteiger partial charge in [-0.3, -0.25) is 0 Å². The summed E-state index contributed by atoms with van der Waals surface area (Å²) < 4.78 is 0. The Morgan fingerprint density at radius 2 is 0.424 bits per heavy atom. The number of hydrogen-bond donors (Lipinski definition) is 3. The summed E-state index contributed by atoms with van der Waals surface area (Å²) in [4.78, 5) is 0. The van der Waals surface area contributed by atoms with Crippen molar-refractivity contribution in [1.29, 1.82) is 0 Å². The SMILES string of the molecule is CCCCCCCC/C=C\CCCCCCCCNCc1cc(CNCCCCCCCC/C=C\CCCCCCCC)cc(CNCCCCCCCC/C=C\CCCCCCCC)c1. The van der Waals surface area contributed by atoms with Gasteiger partial charge in [0, 0.05) is 19.6 Å². The summed E-state index contributed by atoms with van der Waals surface area (Å²) >= 11 is 0. The molecular weight excluding hydrogens is 799 g/mol. The van der Waals surface area contributed by atoms with Crippen LogP contribution in [-0.2, 0) is 19.6 Å². The van der Waals surface area contributed by atoms with Crippen LogP contribution in [0.1, 0.15) is 307 Å². The van der Waals surface area contributed by atoms with Crippen molar-refractivity contribution in [3.8, 4) is 0 Å². The summed E-state index contributed by atoms with van der Waals surface area (Å²) in [7, 11) is 0. The zero-order valence-corrected chi connectivity index (χ0v) is 45.1. The summed E-state index contributed by atoms with van der Waals surface area (Å²) in [5.41, 5.74) is 4.35. The highest BCUT2D eigenvalue weighted by Crippen LogP contribution is 2.15. The van der Waals surface area contributed by atoms with E-state index in [1.54, 1.807) is 0 Å². The summed E-state index contributed by atoms with van der Waals surface area (Å²) in [5.74, 6) is 0. The quantitative estimate of drug-likeness (QED) is 0.0450. The Hall–Kier alpha value is -1.68. The minimum Gasteiger partial charge on any atom is -0.313 e.